The Balaban J connectivity index is 1.91. The summed E-state index contributed by atoms with van der Waals surface area (Å²) in [5.41, 5.74) is 0.802. The molecule has 0 aliphatic rings. The molecule has 0 saturated heterocycles. The van der Waals surface area contributed by atoms with Crippen molar-refractivity contribution in [3.05, 3.63) is 12.0 Å². The van der Waals surface area contributed by atoms with Gasteiger partial charge in [-0.05, 0) is 10.4 Å². The van der Waals surface area contributed by atoms with E-state index in [2.05, 4.69) is 35.9 Å². The van der Waals surface area contributed by atoms with Crippen molar-refractivity contribution in [1.29, 1.82) is 0 Å². The summed E-state index contributed by atoms with van der Waals surface area (Å²) in [5, 5.41) is 20.2. The predicted molar refractivity (Wildman–Crippen MR) is 74.2 cm³/mol. The molecule has 104 valence electrons. The number of fused-ring (bicyclic) bond motifs is 1. The molecule has 3 heterocycles. The molecule has 0 aromatic carbocycles. The van der Waals surface area contributed by atoms with E-state index in [1.807, 2.05) is 14.1 Å². The zero-order valence-corrected chi connectivity index (χ0v) is 12.1. The number of aromatic nitrogens is 8. The van der Waals surface area contributed by atoms with Gasteiger partial charge in [0.1, 0.15) is 11.6 Å². The first-order valence-corrected chi connectivity index (χ1v) is 6.89. The van der Waals surface area contributed by atoms with Crippen LogP contribution in [0.3, 0.4) is 0 Å². The molecule has 20 heavy (non-hydrogen) atoms. The van der Waals surface area contributed by atoms with Gasteiger partial charge in [0.2, 0.25) is 5.16 Å². The maximum atomic E-state index is 4.52. The van der Waals surface area contributed by atoms with Crippen LogP contribution in [0.2, 0.25) is 0 Å². The fourth-order valence-corrected chi connectivity index (χ4v) is 2.50. The number of anilines is 1. The van der Waals surface area contributed by atoms with E-state index in [9.17, 15) is 0 Å². The molecule has 0 unspecified atom stereocenters. The summed E-state index contributed by atoms with van der Waals surface area (Å²) in [5.74, 6) is 2.07. The Hall–Kier alpha value is -2.23. The van der Waals surface area contributed by atoms with E-state index >= 15 is 0 Å². The van der Waals surface area contributed by atoms with E-state index in [4.69, 9.17) is 0 Å². The van der Waals surface area contributed by atoms with Crippen molar-refractivity contribution in [2.24, 2.45) is 14.1 Å². The molecule has 0 fully saturated rings. The van der Waals surface area contributed by atoms with Gasteiger partial charge >= 0.3 is 0 Å². The van der Waals surface area contributed by atoms with Gasteiger partial charge in [-0.15, -0.1) is 5.10 Å². The summed E-state index contributed by atoms with van der Waals surface area (Å²) < 4.78 is 3.35. The molecule has 0 saturated carbocycles. The van der Waals surface area contributed by atoms with Crippen molar-refractivity contribution in [3.63, 3.8) is 0 Å². The molecule has 9 nitrogen and oxygen atoms in total. The average molecular weight is 291 g/mol. The van der Waals surface area contributed by atoms with Crippen LogP contribution in [0.15, 0.2) is 11.4 Å². The largest absolute Gasteiger partial charge is 0.372 e. The number of hydrogen-bond acceptors (Lipinski definition) is 8. The Morgan fingerprint density at radius 1 is 1.25 bits per heavy atom. The molecule has 0 amide bonds. The van der Waals surface area contributed by atoms with E-state index in [0.717, 1.165) is 22.0 Å². The van der Waals surface area contributed by atoms with Crippen LogP contribution >= 0.6 is 11.8 Å². The van der Waals surface area contributed by atoms with E-state index in [1.165, 1.54) is 11.8 Å². The van der Waals surface area contributed by atoms with E-state index < -0.39 is 0 Å². The summed E-state index contributed by atoms with van der Waals surface area (Å²) in [7, 11) is 5.49. The highest BCUT2D eigenvalue weighted by Gasteiger charge is 2.12. The number of hydrogen-bond donors (Lipinski definition) is 1. The lowest BCUT2D eigenvalue weighted by atomic mass is 10.4. The summed E-state index contributed by atoms with van der Waals surface area (Å²) >= 11 is 1.49. The molecule has 3 aromatic rings. The summed E-state index contributed by atoms with van der Waals surface area (Å²) in [6.07, 6.45) is 1.75. The molecule has 3 rings (SSSR count). The molecular formula is C10H13N9S. The van der Waals surface area contributed by atoms with Crippen LogP contribution < -0.4 is 5.32 Å². The van der Waals surface area contributed by atoms with Crippen molar-refractivity contribution in [2.75, 3.05) is 12.4 Å². The Morgan fingerprint density at radius 2 is 2.10 bits per heavy atom. The Morgan fingerprint density at radius 3 is 2.80 bits per heavy atom. The Labute approximate surface area is 118 Å². The monoisotopic (exact) mass is 291 g/mol. The molecule has 1 N–H and O–H groups in total. The molecule has 0 aliphatic heterocycles. The third-order valence-corrected chi connectivity index (χ3v) is 3.79. The smallest absolute Gasteiger partial charge is 0.209 e. The minimum atomic E-state index is 0.587. The van der Waals surface area contributed by atoms with E-state index in [0.29, 0.717) is 11.6 Å². The average Bonchev–Trinajstić information content (AvgIpc) is 3.03. The lowest BCUT2D eigenvalue weighted by Gasteiger charge is -2.05. The standard InChI is InChI=1S/C10H13N9S/c1-11-8-6-4-12-18(2)9(6)14-7(13-8)5-20-10-15-16-17-19(10)3/h4H,5H2,1-3H3,(H,11,13,14). The zero-order valence-electron chi connectivity index (χ0n) is 11.3. The van der Waals surface area contributed by atoms with Gasteiger partial charge < -0.3 is 5.32 Å². The Bertz CT molecular complexity index is 746. The fraction of sp³-hybridized carbons (Fsp3) is 0.400. The minimum Gasteiger partial charge on any atom is -0.372 e. The quantitative estimate of drug-likeness (QED) is 0.682. The van der Waals surface area contributed by atoms with Crippen LogP contribution in [-0.4, -0.2) is 47.0 Å². The number of nitrogens with one attached hydrogen (secondary N) is 1. The third kappa shape index (κ3) is 2.18. The van der Waals surface area contributed by atoms with Gasteiger partial charge in [0.15, 0.2) is 5.65 Å². The van der Waals surface area contributed by atoms with E-state index in [1.54, 1.807) is 22.6 Å². The lowest BCUT2D eigenvalue weighted by molar-refractivity contribution is 0.664. The topological polar surface area (TPSA) is 99.2 Å². The highest BCUT2D eigenvalue weighted by molar-refractivity contribution is 7.98. The zero-order chi connectivity index (χ0) is 14.1. The molecular weight excluding hydrogens is 278 g/mol. The summed E-state index contributed by atoms with van der Waals surface area (Å²) in [6, 6.07) is 0. The van der Waals surface area contributed by atoms with Gasteiger partial charge in [-0.25, -0.2) is 14.6 Å². The van der Waals surface area contributed by atoms with Gasteiger partial charge in [0.05, 0.1) is 17.3 Å². The normalized spacial score (nSPS) is 11.2. The maximum Gasteiger partial charge on any atom is 0.209 e. The van der Waals surface area contributed by atoms with Crippen molar-refractivity contribution in [2.45, 2.75) is 10.9 Å². The van der Waals surface area contributed by atoms with Crippen molar-refractivity contribution < 1.29 is 0 Å². The number of nitrogens with zero attached hydrogens (tertiary/aromatic N) is 8. The second-order valence-corrected chi connectivity index (χ2v) is 5.06. The third-order valence-electron chi connectivity index (χ3n) is 2.79. The van der Waals surface area contributed by atoms with Gasteiger partial charge in [-0.2, -0.15) is 5.10 Å². The number of rotatable bonds is 4. The van der Waals surface area contributed by atoms with Crippen molar-refractivity contribution in [3.8, 4) is 0 Å². The molecule has 0 bridgehead atoms. The molecule has 3 aromatic heterocycles. The number of tetrazole rings is 1. The molecule has 0 aliphatic carbocycles. The number of aryl methyl sites for hydroxylation is 2. The van der Waals surface area contributed by atoms with Crippen LogP contribution in [0.4, 0.5) is 5.82 Å². The maximum absolute atomic E-state index is 4.52. The van der Waals surface area contributed by atoms with Crippen LogP contribution in [0, 0.1) is 0 Å². The van der Waals surface area contributed by atoms with Crippen LogP contribution in [0.1, 0.15) is 5.82 Å². The van der Waals surface area contributed by atoms with Gasteiger partial charge in [-0.3, -0.25) is 4.68 Å². The summed E-state index contributed by atoms with van der Waals surface area (Å²) in [4.78, 5) is 9.01. The van der Waals surface area contributed by atoms with E-state index in [-0.39, 0.29) is 0 Å². The van der Waals surface area contributed by atoms with Gasteiger partial charge in [0, 0.05) is 21.1 Å². The van der Waals surface area contributed by atoms with Gasteiger partial charge in [-0.1, -0.05) is 11.8 Å². The second kappa shape index (κ2) is 5.04. The first-order valence-electron chi connectivity index (χ1n) is 5.90. The predicted octanol–water partition coefficient (Wildman–Crippen LogP) is 0.221. The first kappa shape index (κ1) is 12.8. The van der Waals surface area contributed by atoms with Crippen LogP contribution in [-0.2, 0) is 19.8 Å². The lowest BCUT2D eigenvalue weighted by Crippen LogP contribution is -2.02. The van der Waals surface area contributed by atoms with Crippen molar-refractivity contribution >= 4 is 28.6 Å². The Kier molecular flexibility index (Phi) is 3.22. The first-order chi connectivity index (χ1) is 9.69. The minimum absolute atomic E-state index is 0.587. The fourth-order valence-electron chi connectivity index (χ4n) is 1.79. The summed E-state index contributed by atoms with van der Waals surface area (Å²) in [6.45, 7) is 0. The molecule has 10 heteroatoms. The van der Waals surface area contributed by atoms with Crippen LogP contribution in [0.25, 0.3) is 11.0 Å². The highest BCUT2D eigenvalue weighted by Crippen LogP contribution is 2.22. The molecule has 0 spiro atoms. The molecule has 0 atom stereocenters. The van der Waals surface area contributed by atoms with Crippen molar-refractivity contribution in [1.82, 2.24) is 40.0 Å². The highest BCUT2D eigenvalue weighted by atomic mass is 32.2. The number of thioether (sulfide) groups is 1. The van der Waals surface area contributed by atoms with Crippen LogP contribution in [0.5, 0.6) is 0 Å². The van der Waals surface area contributed by atoms with Gasteiger partial charge in [0.25, 0.3) is 0 Å². The second-order valence-electron chi connectivity index (χ2n) is 4.12. The molecule has 0 radical (unpaired) electrons. The SMILES string of the molecule is CNc1nc(CSc2nnnn2C)nc2c1cnn2C.